The first-order valence-corrected chi connectivity index (χ1v) is 7.58. The van der Waals surface area contributed by atoms with Crippen molar-refractivity contribution in [3.05, 3.63) is 81.1 Å². The fraction of sp³-hybridized carbons (Fsp3) is 0.0556. The predicted molar refractivity (Wildman–Crippen MR) is 93.4 cm³/mol. The molecule has 24 heavy (non-hydrogen) atoms. The van der Waals surface area contributed by atoms with E-state index in [0.29, 0.717) is 21.5 Å². The van der Waals surface area contributed by atoms with Crippen molar-refractivity contribution in [2.24, 2.45) is 0 Å². The van der Waals surface area contributed by atoms with Crippen LogP contribution >= 0.6 is 11.6 Å². The Balaban J connectivity index is 2.12. The minimum absolute atomic E-state index is 0.0186. The van der Waals surface area contributed by atoms with E-state index >= 15 is 0 Å². The maximum absolute atomic E-state index is 12.6. The second kappa shape index (κ2) is 6.29. The van der Waals surface area contributed by atoms with Gasteiger partial charge in [0.05, 0.1) is 11.1 Å². The van der Waals surface area contributed by atoms with Crippen LogP contribution < -0.4 is 11.0 Å². The summed E-state index contributed by atoms with van der Waals surface area (Å²) in [4.78, 5) is 36.7. The van der Waals surface area contributed by atoms with Crippen molar-refractivity contribution in [2.75, 3.05) is 5.43 Å². The number of Topliss-reactive ketones (excluding diaryl/α,β-unsaturated/α-hetero) is 1. The number of rotatable bonds is 3. The molecule has 1 N–H and O–H groups in total. The zero-order chi connectivity index (χ0) is 17.3. The topological polar surface area (TPSA) is 68.2 Å². The van der Waals surface area contributed by atoms with Crippen LogP contribution in [-0.4, -0.2) is 16.4 Å². The number of amides is 1. The largest absolute Gasteiger partial charge is 0.294 e. The maximum Gasteiger partial charge on any atom is 0.280 e. The number of para-hydroxylation sites is 1. The number of carbonyl (C=O) groups excluding carboxylic acids is 2. The van der Waals surface area contributed by atoms with Crippen LogP contribution in [0.2, 0.25) is 5.02 Å². The van der Waals surface area contributed by atoms with Crippen molar-refractivity contribution in [1.29, 1.82) is 0 Å². The van der Waals surface area contributed by atoms with Gasteiger partial charge in [-0.1, -0.05) is 29.8 Å². The van der Waals surface area contributed by atoms with E-state index < -0.39 is 11.5 Å². The fourth-order valence-corrected chi connectivity index (χ4v) is 2.52. The molecule has 0 atom stereocenters. The Bertz CT molecular complexity index is 1010. The van der Waals surface area contributed by atoms with Crippen molar-refractivity contribution in [3.63, 3.8) is 0 Å². The van der Waals surface area contributed by atoms with E-state index in [4.69, 9.17) is 11.6 Å². The van der Waals surface area contributed by atoms with Crippen molar-refractivity contribution >= 4 is 34.2 Å². The van der Waals surface area contributed by atoms with Crippen LogP contribution in [0.4, 0.5) is 0 Å². The molecule has 0 aliphatic heterocycles. The molecule has 5 nitrogen and oxygen atoms in total. The summed E-state index contributed by atoms with van der Waals surface area (Å²) in [5.74, 6) is -0.833. The van der Waals surface area contributed by atoms with E-state index in [-0.39, 0.29) is 11.3 Å². The Hall–Kier alpha value is -2.92. The normalized spacial score (nSPS) is 10.6. The highest BCUT2D eigenvalue weighted by atomic mass is 35.5. The quantitative estimate of drug-likeness (QED) is 0.744. The maximum atomic E-state index is 12.6. The summed E-state index contributed by atoms with van der Waals surface area (Å²) in [6.45, 7) is 1.32. The van der Waals surface area contributed by atoms with E-state index in [0.717, 1.165) is 4.68 Å². The molecular formula is C18H13ClN2O3. The minimum Gasteiger partial charge on any atom is -0.294 e. The number of halogens is 1. The smallest absolute Gasteiger partial charge is 0.280 e. The van der Waals surface area contributed by atoms with Gasteiger partial charge in [-0.25, -0.2) is 4.68 Å². The van der Waals surface area contributed by atoms with Gasteiger partial charge < -0.3 is 0 Å². The van der Waals surface area contributed by atoms with Crippen LogP contribution in [0.5, 0.6) is 0 Å². The van der Waals surface area contributed by atoms with Crippen molar-refractivity contribution in [2.45, 2.75) is 6.92 Å². The van der Waals surface area contributed by atoms with E-state index in [1.54, 1.807) is 48.5 Å². The molecule has 1 amide bonds. The van der Waals surface area contributed by atoms with Crippen LogP contribution in [0.3, 0.4) is 0 Å². The Kier molecular flexibility index (Phi) is 4.18. The Labute approximate surface area is 142 Å². The van der Waals surface area contributed by atoms with E-state index in [1.165, 1.54) is 13.0 Å². The zero-order valence-corrected chi connectivity index (χ0v) is 13.5. The molecule has 6 heteroatoms. The standard InChI is InChI=1S/C18H13ClN2O3/c1-11(22)15-10-13-4-2-3-5-16(13)21(18(15)24)20-17(23)12-6-8-14(19)9-7-12/h2-10H,1H3,(H,20,23). The number of aromatic nitrogens is 1. The van der Waals surface area contributed by atoms with Gasteiger partial charge in [-0.2, -0.15) is 0 Å². The third-order valence-electron chi connectivity index (χ3n) is 3.61. The van der Waals surface area contributed by atoms with Crippen LogP contribution in [0, 0.1) is 0 Å². The molecule has 0 aliphatic rings. The monoisotopic (exact) mass is 340 g/mol. The van der Waals surface area contributed by atoms with Gasteiger partial charge >= 0.3 is 0 Å². The summed E-state index contributed by atoms with van der Waals surface area (Å²) < 4.78 is 1.10. The summed E-state index contributed by atoms with van der Waals surface area (Å²) in [5, 5.41) is 1.19. The second-order valence-electron chi connectivity index (χ2n) is 5.26. The second-order valence-corrected chi connectivity index (χ2v) is 5.70. The Morgan fingerprint density at radius 1 is 1.04 bits per heavy atom. The molecular weight excluding hydrogens is 328 g/mol. The zero-order valence-electron chi connectivity index (χ0n) is 12.7. The highest BCUT2D eigenvalue weighted by Crippen LogP contribution is 2.14. The summed E-state index contributed by atoms with van der Waals surface area (Å²) in [7, 11) is 0. The predicted octanol–water partition coefficient (Wildman–Crippen LogP) is 3.24. The summed E-state index contributed by atoms with van der Waals surface area (Å²) >= 11 is 5.81. The third kappa shape index (κ3) is 2.94. The fourth-order valence-electron chi connectivity index (χ4n) is 2.39. The lowest BCUT2D eigenvalue weighted by Crippen LogP contribution is -2.35. The molecule has 0 saturated carbocycles. The Morgan fingerprint density at radius 3 is 2.38 bits per heavy atom. The van der Waals surface area contributed by atoms with Gasteiger partial charge in [0.1, 0.15) is 0 Å². The lowest BCUT2D eigenvalue weighted by molar-refractivity contribution is 0.0995. The number of hydrogen-bond donors (Lipinski definition) is 1. The molecule has 2 aromatic carbocycles. The van der Waals surface area contributed by atoms with Gasteiger partial charge in [0.2, 0.25) is 0 Å². The first-order chi connectivity index (χ1) is 11.5. The van der Waals surface area contributed by atoms with E-state index in [1.807, 2.05) is 0 Å². The molecule has 1 heterocycles. The number of fused-ring (bicyclic) bond motifs is 1. The number of nitrogens with zero attached hydrogens (tertiary/aromatic N) is 1. The molecule has 0 aliphatic carbocycles. The number of nitrogens with one attached hydrogen (secondary N) is 1. The lowest BCUT2D eigenvalue weighted by Gasteiger charge is -2.13. The number of hydrogen-bond acceptors (Lipinski definition) is 3. The molecule has 0 bridgehead atoms. The average molecular weight is 341 g/mol. The highest BCUT2D eigenvalue weighted by molar-refractivity contribution is 6.30. The number of ketones is 1. The van der Waals surface area contributed by atoms with Crippen LogP contribution in [0.15, 0.2) is 59.4 Å². The van der Waals surface area contributed by atoms with Crippen LogP contribution in [0.25, 0.3) is 10.9 Å². The van der Waals surface area contributed by atoms with Crippen molar-refractivity contribution < 1.29 is 9.59 Å². The van der Waals surface area contributed by atoms with Gasteiger partial charge in [-0.05, 0) is 43.3 Å². The van der Waals surface area contributed by atoms with Crippen LogP contribution in [0.1, 0.15) is 27.6 Å². The molecule has 0 fully saturated rings. The molecule has 0 radical (unpaired) electrons. The molecule has 0 unspecified atom stereocenters. The van der Waals surface area contributed by atoms with Crippen molar-refractivity contribution in [3.8, 4) is 0 Å². The Morgan fingerprint density at radius 2 is 1.71 bits per heavy atom. The van der Waals surface area contributed by atoms with Gasteiger partial charge in [-0.15, -0.1) is 0 Å². The average Bonchev–Trinajstić information content (AvgIpc) is 2.57. The summed E-state index contributed by atoms with van der Waals surface area (Å²) in [6.07, 6.45) is 0. The van der Waals surface area contributed by atoms with E-state index in [2.05, 4.69) is 5.43 Å². The number of pyridine rings is 1. The molecule has 3 rings (SSSR count). The molecule has 120 valence electrons. The minimum atomic E-state index is -0.566. The summed E-state index contributed by atoms with van der Waals surface area (Å²) in [5.41, 5.74) is 2.87. The van der Waals surface area contributed by atoms with Crippen LogP contribution in [-0.2, 0) is 0 Å². The van der Waals surface area contributed by atoms with Gasteiger partial charge in [-0.3, -0.25) is 19.8 Å². The summed E-state index contributed by atoms with van der Waals surface area (Å²) in [6, 6.07) is 14.8. The molecule has 3 aromatic rings. The number of benzene rings is 2. The molecule has 0 saturated heterocycles. The first-order valence-electron chi connectivity index (χ1n) is 7.20. The molecule has 1 aromatic heterocycles. The highest BCUT2D eigenvalue weighted by Gasteiger charge is 2.15. The molecule has 0 spiro atoms. The van der Waals surface area contributed by atoms with Gasteiger partial charge in [0.15, 0.2) is 5.78 Å². The first kappa shape index (κ1) is 16.0. The van der Waals surface area contributed by atoms with Gasteiger partial charge in [0, 0.05) is 16.0 Å². The van der Waals surface area contributed by atoms with Crippen molar-refractivity contribution in [1.82, 2.24) is 4.68 Å². The third-order valence-corrected chi connectivity index (χ3v) is 3.86. The number of carbonyl (C=O) groups is 2. The SMILES string of the molecule is CC(=O)c1cc2ccccc2n(NC(=O)c2ccc(Cl)cc2)c1=O. The lowest BCUT2D eigenvalue weighted by atomic mass is 10.1. The van der Waals surface area contributed by atoms with Gasteiger partial charge in [0.25, 0.3) is 11.5 Å². The van der Waals surface area contributed by atoms with E-state index in [9.17, 15) is 14.4 Å².